The topological polar surface area (TPSA) is 80.9 Å². The van der Waals surface area contributed by atoms with E-state index in [0.29, 0.717) is 25.7 Å². The smallest absolute Gasteiger partial charge is 0.206 e. The van der Waals surface area contributed by atoms with Crippen LogP contribution in [0.2, 0.25) is 0 Å². The number of rotatable bonds is 5. The number of hydrazine groups is 1. The molecule has 0 spiro atoms. The second-order valence-corrected chi connectivity index (χ2v) is 5.30. The van der Waals surface area contributed by atoms with Crippen molar-refractivity contribution in [2.75, 3.05) is 26.9 Å². The van der Waals surface area contributed by atoms with Gasteiger partial charge in [0.1, 0.15) is 5.75 Å². The van der Waals surface area contributed by atoms with Gasteiger partial charge in [0.15, 0.2) is 0 Å². The number of halogens is 1. The van der Waals surface area contributed by atoms with Crippen LogP contribution in [0.3, 0.4) is 0 Å². The molecule has 0 saturated carbocycles. The van der Waals surface area contributed by atoms with Gasteiger partial charge in [-0.2, -0.15) is 0 Å². The molecule has 0 unspecified atom stereocenters. The van der Waals surface area contributed by atoms with E-state index in [1.165, 1.54) is 5.56 Å². The fraction of sp³-hybridized carbons (Fsp3) is 0.462. The van der Waals surface area contributed by atoms with Crippen molar-refractivity contribution in [3.05, 3.63) is 27.7 Å². The highest BCUT2D eigenvalue weighted by atomic mass is 79.9. The molecule has 0 bridgehead atoms. The summed E-state index contributed by atoms with van der Waals surface area (Å²) in [5.74, 6) is 6.92. The minimum atomic E-state index is 0.501. The number of methoxy groups -OCH3 is 1. The van der Waals surface area contributed by atoms with E-state index in [-0.39, 0.29) is 0 Å². The van der Waals surface area contributed by atoms with Gasteiger partial charge in [0.05, 0.1) is 19.8 Å². The zero-order chi connectivity index (χ0) is 14.4. The van der Waals surface area contributed by atoms with E-state index in [2.05, 4.69) is 37.7 Å². The van der Waals surface area contributed by atoms with Crippen LogP contribution < -0.4 is 21.3 Å². The fourth-order valence-corrected chi connectivity index (χ4v) is 2.60. The molecule has 1 aromatic carbocycles. The van der Waals surface area contributed by atoms with Crippen LogP contribution in [0.4, 0.5) is 0 Å². The highest BCUT2D eigenvalue weighted by Gasteiger charge is 2.17. The van der Waals surface area contributed by atoms with Crippen molar-refractivity contribution in [3.8, 4) is 5.75 Å². The minimum absolute atomic E-state index is 0.501. The Labute approximate surface area is 126 Å². The average molecular weight is 343 g/mol. The number of aliphatic imine (C=N–C) groups is 1. The Balaban J connectivity index is 2.05. The largest absolute Gasteiger partial charge is 0.493 e. The van der Waals surface area contributed by atoms with Gasteiger partial charge in [0.25, 0.3) is 0 Å². The summed E-state index contributed by atoms with van der Waals surface area (Å²) in [5.41, 5.74) is 4.82. The number of guanidine groups is 1. The Morgan fingerprint density at radius 1 is 1.55 bits per heavy atom. The maximum Gasteiger partial charge on any atom is 0.206 e. The van der Waals surface area contributed by atoms with Crippen molar-refractivity contribution in [1.29, 1.82) is 0 Å². The third kappa shape index (κ3) is 3.84. The first kappa shape index (κ1) is 15.1. The van der Waals surface area contributed by atoms with Crippen molar-refractivity contribution in [2.24, 2.45) is 10.8 Å². The average Bonchev–Trinajstić information content (AvgIpc) is 2.90. The van der Waals surface area contributed by atoms with Crippen LogP contribution in [0.15, 0.2) is 21.6 Å². The lowest BCUT2D eigenvalue weighted by atomic mass is 10.1. The predicted octanol–water partition coefficient (Wildman–Crippen LogP) is 0.939. The van der Waals surface area contributed by atoms with Crippen molar-refractivity contribution in [3.63, 3.8) is 0 Å². The molecule has 2 rings (SSSR count). The van der Waals surface area contributed by atoms with Gasteiger partial charge >= 0.3 is 0 Å². The van der Waals surface area contributed by atoms with Gasteiger partial charge in [-0.3, -0.25) is 5.43 Å². The van der Waals surface area contributed by atoms with Crippen molar-refractivity contribution in [1.82, 2.24) is 10.7 Å². The normalized spacial score (nSPS) is 13.8. The minimum Gasteiger partial charge on any atom is -0.493 e. The first-order valence-corrected chi connectivity index (χ1v) is 7.22. The summed E-state index contributed by atoms with van der Waals surface area (Å²) in [5, 5.41) is 3.06. The lowest BCUT2D eigenvalue weighted by Gasteiger charge is -2.10. The number of nitrogens with zero attached hydrogens (tertiary/aromatic N) is 1. The summed E-state index contributed by atoms with van der Waals surface area (Å²) in [6, 6.07) is 4.12. The first-order valence-electron chi connectivity index (χ1n) is 6.42. The molecule has 0 amide bonds. The van der Waals surface area contributed by atoms with Crippen LogP contribution >= 0.6 is 15.9 Å². The number of hydrogen-bond acceptors (Lipinski definition) is 4. The first-order chi connectivity index (χ1) is 9.74. The molecule has 1 aliphatic heterocycles. The molecule has 1 aromatic rings. The quantitative estimate of drug-likeness (QED) is 0.244. The number of nitrogens with two attached hydrogens (primary N) is 1. The summed E-state index contributed by atoms with van der Waals surface area (Å²) in [4.78, 5) is 4.42. The van der Waals surface area contributed by atoms with Gasteiger partial charge in [0.2, 0.25) is 5.96 Å². The SMILES string of the molecule is COCCNC(=NCc1cc(Br)cc2c1OCC2)NN. The van der Waals surface area contributed by atoms with Crippen LogP contribution in [0.1, 0.15) is 11.1 Å². The van der Waals surface area contributed by atoms with E-state index in [1.54, 1.807) is 7.11 Å². The second-order valence-electron chi connectivity index (χ2n) is 4.38. The summed E-state index contributed by atoms with van der Waals surface area (Å²) in [6.45, 7) is 2.47. The monoisotopic (exact) mass is 342 g/mol. The number of nitrogens with one attached hydrogen (secondary N) is 2. The fourth-order valence-electron chi connectivity index (χ4n) is 2.05. The molecule has 6 nitrogen and oxygen atoms in total. The maximum atomic E-state index is 5.67. The molecule has 0 saturated heterocycles. The molecule has 0 aromatic heterocycles. The van der Waals surface area contributed by atoms with Gasteiger partial charge in [0, 0.05) is 30.1 Å². The number of benzene rings is 1. The number of fused-ring (bicyclic) bond motifs is 1. The Bertz CT molecular complexity index is 494. The van der Waals surface area contributed by atoms with E-state index in [4.69, 9.17) is 15.3 Å². The van der Waals surface area contributed by atoms with E-state index < -0.39 is 0 Å². The predicted molar refractivity (Wildman–Crippen MR) is 81.7 cm³/mol. The van der Waals surface area contributed by atoms with Crippen LogP contribution in [0.25, 0.3) is 0 Å². The standard InChI is InChI=1S/C13H19BrN4O2/c1-19-5-3-16-13(18-15)17-8-10-7-11(14)6-9-2-4-20-12(9)10/h6-7H,2-5,8,15H2,1H3,(H2,16,17,18). The Hall–Kier alpha value is -1.31. The zero-order valence-corrected chi connectivity index (χ0v) is 13.0. The molecule has 0 radical (unpaired) electrons. The Morgan fingerprint density at radius 2 is 2.40 bits per heavy atom. The van der Waals surface area contributed by atoms with Gasteiger partial charge in [-0.05, 0) is 17.7 Å². The number of hydrogen-bond donors (Lipinski definition) is 3. The van der Waals surface area contributed by atoms with Gasteiger partial charge < -0.3 is 14.8 Å². The number of ether oxygens (including phenoxy) is 2. The van der Waals surface area contributed by atoms with Crippen molar-refractivity contribution < 1.29 is 9.47 Å². The Morgan fingerprint density at radius 3 is 3.15 bits per heavy atom. The molecule has 0 fully saturated rings. The van der Waals surface area contributed by atoms with E-state index in [9.17, 15) is 0 Å². The molecular formula is C13H19BrN4O2. The summed E-state index contributed by atoms with van der Waals surface area (Å²) >= 11 is 3.51. The molecule has 0 aliphatic carbocycles. The molecule has 7 heteroatoms. The van der Waals surface area contributed by atoms with Crippen LogP contribution in [-0.4, -0.2) is 32.8 Å². The van der Waals surface area contributed by atoms with E-state index in [1.807, 2.05) is 6.07 Å². The zero-order valence-electron chi connectivity index (χ0n) is 11.4. The van der Waals surface area contributed by atoms with Crippen LogP contribution in [-0.2, 0) is 17.7 Å². The third-order valence-electron chi connectivity index (χ3n) is 2.97. The lowest BCUT2D eigenvalue weighted by molar-refractivity contribution is 0.203. The Kier molecular flexibility index (Phi) is 5.63. The molecule has 1 heterocycles. The highest BCUT2D eigenvalue weighted by molar-refractivity contribution is 9.10. The van der Waals surface area contributed by atoms with Crippen molar-refractivity contribution >= 4 is 21.9 Å². The van der Waals surface area contributed by atoms with Crippen LogP contribution in [0, 0.1) is 0 Å². The molecule has 110 valence electrons. The highest BCUT2D eigenvalue weighted by Crippen LogP contribution is 2.33. The molecule has 1 aliphatic rings. The molecule has 4 N–H and O–H groups in total. The van der Waals surface area contributed by atoms with Gasteiger partial charge in [-0.25, -0.2) is 10.8 Å². The van der Waals surface area contributed by atoms with Gasteiger partial charge in [-0.1, -0.05) is 15.9 Å². The van der Waals surface area contributed by atoms with Gasteiger partial charge in [-0.15, -0.1) is 0 Å². The van der Waals surface area contributed by atoms with E-state index >= 15 is 0 Å². The maximum absolute atomic E-state index is 5.67. The van der Waals surface area contributed by atoms with Crippen molar-refractivity contribution in [2.45, 2.75) is 13.0 Å². The second kappa shape index (κ2) is 7.47. The molecule has 0 atom stereocenters. The summed E-state index contributed by atoms with van der Waals surface area (Å²) in [7, 11) is 1.65. The third-order valence-corrected chi connectivity index (χ3v) is 3.43. The molecular weight excluding hydrogens is 324 g/mol. The lowest BCUT2D eigenvalue weighted by Crippen LogP contribution is -2.42. The molecule has 20 heavy (non-hydrogen) atoms. The summed E-state index contributed by atoms with van der Waals surface area (Å²) in [6.07, 6.45) is 0.944. The van der Waals surface area contributed by atoms with E-state index in [0.717, 1.165) is 28.8 Å². The summed E-state index contributed by atoms with van der Waals surface area (Å²) < 4.78 is 11.7. The van der Waals surface area contributed by atoms with Crippen LogP contribution in [0.5, 0.6) is 5.75 Å².